The largest absolute Gasteiger partial charge is 0.496 e. The second-order valence-electron chi connectivity index (χ2n) is 5.02. The minimum atomic E-state index is -0.506. The van der Waals surface area contributed by atoms with E-state index in [0.717, 1.165) is 0 Å². The average molecular weight is 473 g/mol. The topological polar surface area (TPSA) is 88.7 Å². The minimum Gasteiger partial charge on any atom is -0.496 e. The van der Waals surface area contributed by atoms with Crippen molar-refractivity contribution >= 4 is 56.7 Å². The Balaban J connectivity index is 1.78. The van der Waals surface area contributed by atoms with E-state index in [1.54, 1.807) is 42.5 Å². The quantitative estimate of drug-likeness (QED) is 0.458. The molecule has 0 unspecified atom stereocenters. The second-order valence-corrected chi connectivity index (χ2v) is 6.69. The smallest absolute Gasteiger partial charge is 0.269 e. The number of hydrazine groups is 1. The Kier molecular flexibility index (Phi) is 7.83. The van der Waals surface area contributed by atoms with Crippen molar-refractivity contribution in [2.75, 3.05) is 13.7 Å². The average Bonchev–Trinajstić information content (AvgIpc) is 2.65. The maximum absolute atomic E-state index is 12.1. The van der Waals surface area contributed by atoms with Gasteiger partial charge in [-0.1, -0.05) is 23.7 Å². The van der Waals surface area contributed by atoms with E-state index in [1.807, 2.05) is 0 Å². The van der Waals surface area contributed by atoms with Crippen LogP contribution in [0.5, 0.6) is 11.5 Å². The maximum atomic E-state index is 12.1. The van der Waals surface area contributed by atoms with Crippen molar-refractivity contribution in [3.63, 3.8) is 0 Å². The van der Waals surface area contributed by atoms with Crippen LogP contribution in [-0.4, -0.2) is 30.6 Å². The standard InChI is InChI=1S/C17H15BrClN3O4S/c1-25-13-7-6-10(8-11(13)18)16(24)21-22-17(27)20-15(23)9-26-14-5-3-2-4-12(14)19/h2-8H,9H2,1H3,(H,21,24)(H2,20,22,23,27). The number of ether oxygens (including phenoxy) is 2. The van der Waals surface area contributed by atoms with Gasteiger partial charge < -0.3 is 9.47 Å². The number of hydrogen-bond acceptors (Lipinski definition) is 5. The van der Waals surface area contributed by atoms with Crippen LogP contribution in [0.3, 0.4) is 0 Å². The van der Waals surface area contributed by atoms with Crippen molar-refractivity contribution in [3.05, 3.63) is 57.5 Å². The predicted octanol–water partition coefficient (Wildman–Crippen LogP) is 2.83. The molecule has 142 valence electrons. The van der Waals surface area contributed by atoms with Gasteiger partial charge in [0, 0.05) is 5.56 Å². The SMILES string of the molecule is COc1ccc(C(=O)NNC(=S)NC(=O)COc2ccccc2Cl)cc1Br. The molecule has 3 N–H and O–H groups in total. The first-order valence-electron chi connectivity index (χ1n) is 7.51. The van der Waals surface area contributed by atoms with E-state index in [9.17, 15) is 9.59 Å². The number of methoxy groups -OCH3 is 1. The number of thiocarbonyl (C=S) groups is 1. The molecule has 0 bridgehead atoms. The fourth-order valence-corrected chi connectivity index (χ4v) is 2.79. The third-order valence-corrected chi connectivity index (χ3v) is 4.29. The molecule has 0 saturated heterocycles. The van der Waals surface area contributed by atoms with Crippen LogP contribution in [0.25, 0.3) is 0 Å². The van der Waals surface area contributed by atoms with E-state index < -0.39 is 11.8 Å². The molecule has 0 aliphatic carbocycles. The van der Waals surface area contributed by atoms with Crippen LogP contribution in [0.15, 0.2) is 46.9 Å². The summed E-state index contributed by atoms with van der Waals surface area (Å²) in [6.07, 6.45) is 0. The molecule has 0 radical (unpaired) electrons. The predicted molar refractivity (Wildman–Crippen MR) is 109 cm³/mol. The molecule has 27 heavy (non-hydrogen) atoms. The van der Waals surface area contributed by atoms with Gasteiger partial charge in [-0.15, -0.1) is 0 Å². The molecule has 2 aromatic rings. The Morgan fingerprint density at radius 3 is 2.56 bits per heavy atom. The summed E-state index contributed by atoms with van der Waals surface area (Å²) in [5, 5.41) is 2.69. The Hall–Kier alpha value is -2.36. The van der Waals surface area contributed by atoms with Crippen LogP contribution >= 0.6 is 39.7 Å². The normalized spacial score (nSPS) is 9.89. The molecule has 0 aliphatic heterocycles. The van der Waals surface area contributed by atoms with Crippen molar-refractivity contribution in [1.82, 2.24) is 16.2 Å². The molecule has 0 saturated carbocycles. The highest BCUT2D eigenvalue weighted by molar-refractivity contribution is 9.10. The first-order chi connectivity index (χ1) is 12.9. The number of halogens is 2. The van der Waals surface area contributed by atoms with Crippen molar-refractivity contribution in [2.45, 2.75) is 0 Å². The maximum Gasteiger partial charge on any atom is 0.269 e. The molecule has 0 fully saturated rings. The number of rotatable bonds is 5. The molecule has 0 atom stereocenters. The van der Waals surface area contributed by atoms with Crippen molar-refractivity contribution < 1.29 is 19.1 Å². The van der Waals surface area contributed by atoms with Gasteiger partial charge in [0.1, 0.15) is 11.5 Å². The van der Waals surface area contributed by atoms with Gasteiger partial charge in [-0.3, -0.25) is 25.8 Å². The molecule has 0 spiro atoms. The van der Waals surface area contributed by atoms with Gasteiger partial charge in [-0.25, -0.2) is 0 Å². The number of para-hydroxylation sites is 1. The molecule has 7 nitrogen and oxygen atoms in total. The summed E-state index contributed by atoms with van der Waals surface area (Å²) in [4.78, 5) is 23.9. The Morgan fingerprint density at radius 1 is 1.15 bits per heavy atom. The zero-order valence-electron chi connectivity index (χ0n) is 14.0. The third-order valence-electron chi connectivity index (χ3n) is 3.15. The lowest BCUT2D eigenvalue weighted by molar-refractivity contribution is -0.121. The second kappa shape index (κ2) is 10.1. The highest BCUT2D eigenvalue weighted by Gasteiger charge is 2.11. The van der Waals surface area contributed by atoms with Crippen LogP contribution in [0.4, 0.5) is 0 Å². The van der Waals surface area contributed by atoms with Gasteiger partial charge >= 0.3 is 0 Å². The summed E-state index contributed by atoms with van der Waals surface area (Å²) in [5.74, 6) is 0.0310. The Labute approximate surface area is 174 Å². The number of amides is 2. The first-order valence-corrected chi connectivity index (χ1v) is 9.09. The molecule has 0 aromatic heterocycles. The number of carbonyl (C=O) groups is 2. The molecule has 2 amide bonds. The molecule has 0 heterocycles. The van der Waals surface area contributed by atoms with E-state index >= 15 is 0 Å². The molecule has 0 aliphatic rings. The number of benzene rings is 2. The summed E-state index contributed by atoms with van der Waals surface area (Å²) in [5.41, 5.74) is 5.19. The lowest BCUT2D eigenvalue weighted by atomic mass is 10.2. The van der Waals surface area contributed by atoms with Crippen molar-refractivity contribution in [1.29, 1.82) is 0 Å². The van der Waals surface area contributed by atoms with Crippen LogP contribution < -0.4 is 25.6 Å². The van der Waals surface area contributed by atoms with Crippen molar-refractivity contribution in [2.24, 2.45) is 0 Å². The number of hydrogen-bond donors (Lipinski definition) is 3. The molecule has 10 heteroatoms. The number of carbonyl (C=O) groups excluding carboxylic acids is 2. The first kappa shape index (κ1) is 20.9. The highest BCUT2D eigenvalue weighted by Crippen LogP contribution is 2.25. The van der Waals surface area contributed by atoms with Gasteiger partial charge in [0.25, 0.3) is 11.8 Å². The fraction of sp³-hybridized carbons (Fsp3) is 0.118. The van der Waals surface area contributed by atoms with Crippen molar-refractivity contribution in [3.8, 4) is 11.5 Å². The summed E-state index contributed by atoms with van der Waals surface area (Å²) < 4.78 is 11.0. The lowest BCUT2D eigenvalue weighted by Gasteiger charge is -2.12. The fourth-order valence-electron chi connectivity index (χ4n) is 1.89. The van der Waals surface area contributed by atoms with Gasteiger partial charge in [0.05, 0.1) is 16.6 Å². The van der Waals surface area contributed by atoms with Gasteiger partial charge in [0.2, 0.25) is 0 Å². The van der Waals surface area contributed by atoms with Crippen LogP contribution in [0, 0.1) is 0 Å². The minimum absolute atomic E-state index is 0.0799. The van der Waals surface area contributed by atoms with Crippen LogP contribution in [0.2, 0.25) is 5.02 Å². The highest BCUT2D eigenvalue weighted by atomic mass is 79.9. The van der Waals surface area contributed by atoms with E-state index in [-0.39, 0.29) is 11.7 Å². The van der Waals surface area contributed by atoms with Gasteiger partial charge in [-0.2, -0.15) is 0 Å². The summed E-state index contributed by atoms with van der Waals surface area (Å²) >= 11 is 14.2. The number of nitrogens with one attached hydrogen (secondary N) is 3. The van der Waals surface area contributed by atoms with E-state index in [0.29, 0.717) is 26.6 Å². The molecular formula is C17H15BrClN3O4S. The monoisotopic (exact) mass is 471 g/mol. The molecule has 2 rings (SSSR count). The Bertz CT molecular complexity index is 866. The zero-order valence-corrected chi connectivity index (χ0v) is 17.2. The van der Waals surface area contributed by atoms with Gasteiger partial charge in [0.15, 0.2) is 11.7 Å². The summed E-state index contributed by atoms with van der Waals surface area (Å²) in [7, 11) is 1.53. The van der Waals surface area contributed by atoms with Crippen LogP contribution in [-0.2, 0) is 4.79 Å². The van der Waals surface area contributed by atoms with E-state index in [2.05, 4.69) is 32.1 Å². The molecular weight excluding hydrogens is 458 g/mol. The van der Waals surface area contributed by atoms with E-state index in [4.69, 9.17) is 33.3 Å². The molecule has 2 aromatic carbocycles. The van der Waals surface area contributed by atoms with Crippen LogP contribution in [0.1, 0.15) is 10.4 Å². The lowest BCUT2D eigenvalue weighted by Crippen LogP contribution is -2.49. The van der Waals surface area contributed by atoms with E-state index in [1.165, 1.54) is 7.11 Å². The summed E-state index contributed by atoms with van der Waals surface area (Å²) in [6.45, 7) is -0.287. The summed E-state index contributed by atoms with van der Waals surface area (Å²) in [6, 6.07) is 11.6. The third kappa shape index (κ3) is 6.38. The van der Waals surface area contributed by atoms with Gasteiger partial charge in [-0.05, 0) is 58.5 Å². The Morgan fingerprint density at radius 2 is 1.89 bits per heavy atom. The zero-order chi connectivity index (χ0) is 19.8.